The number of hydrogen-bond donors (Lipinski definition) is 1. The van der Waals surface area contributed by atoms with E-state index in [4.69, 9.17) is 4.74 Å². The summed E-state index contributed by atoms with van der Waals surface area (Å²) in [7, 11) is 0. The van der Waals surface area contributed by atoms with Crippen molar-refractivity contribution >= 4 is 38.9 Å². The van der Waals surface area contributed by atoms with Crippen LogP contribution in [0.3, 0.4) is 0 Å². The smallest absolute Gasteiger partial charge is 0.238 e. The molecule has 1 fully saturated rings. The molecule has 134 valence electrons. The Labute approximate surface area is 161 Å². The van der Waals surface area contributed by atoms with E-state index in [1.807, 2.05) is 31.2 Å². The minimum atomic E-state index is 0.00491. The lowest BCUT2D eigenvalue weighted by Gasteiger charge is -2.24. The Morgan fingerprint density at radius 1 is 1.44 bits per heavy atom. The van der Waals surface area contributed by atoms with Gasteiger partial charge in [0.05, 0.1) is 12.6 Å². The summed E-state index contributed by atoms with van der Waals surface area (Å²) in [4.78, 5) is 16.0. The Kier molecular flexibility index (Phi) is 6.64. The highest BCUT2D eigenvalue weighted by Gasteiger charge is 2.21. The zero-order chi connectivity index (χ0) is 17.6. The molecule has 1 aliphatic heterocycles. The third kappa shape index (κ3) is 5.64. The van der Waals surface area contributed by atoms with Gasteiger partial charge in [0, 0.05) is 34.7 Å². The molecule has 1 aromatic heterocycles. The Hall–Kier alpha value is -1.21. The van der Waals surface area contributed by atoms with Gasteiger partial charge in [0.1, 0.15) is 0 Å². The van der Waals surface area contributed by atoms with E-state index in [2.05, 4.69) is 37.6 Å². The summed E-state index contributed by atoms with van der Waals surface area (Å²) < 4.78 is 6.76. The van der Waals surface area contributed by atoms with Crippen LogP contribution < -0.4 is 5.32 Å². The number of benzene rings is 1. The average Bonchev–Trinajstić information content (AvgIpc) is 3.25. The summed E-state index contributed by atoms with van der Waals surface area (Å²) in [5, 5.41) is 5.07. The number of carbonyl (C=O) groups excluding carboxylic acids is 1. The van der Waals surface area contributed by atoms with E-state index in [0.717, 1.165) is 48.3 Å². The number of aryl methyl sites for hydroxylation is 1. The quantitative estimate of drug-likeness (QED) is 0.716. The van der Waals surface area contributed by atoms with Gasteiger partial charge in [-0.05, 0) is 48.9 Å². The second kappa shape index (κ2) is 8.94. The molecule has 1 atom stereocenters. The van der Waals surface area contributed by atoms with Gasteiger partial charge in [-0.3, -0.25) is 9.69 Å². The molecule has 3 rings (SSSR count). The molecule has 6 heteroatoms. The summed E-state index contributed by atoms with van der Waals surface area (Å²) in [5.41, 5.74) is 1.96. The highest BCUT2D eigenvalue weighted by molar-refractivity contribution is 9.10. The first-order valence-electron chi connectivity index (χ1n) is 8.52. The van der Waals surface area contributed by atoms with Gasteiger partial charge in [0.25, 0.3) is 0 Å². The Bertz CT molecular complexity index is 699. The summed E-state index contributed by atoms with van der Waals surface area (Å²) in [6.07, 6.45) is 2.43. The molecule has 2 aromatic rings. The van der Waals surface area contributed by atoms with Gasteiger partial charge < -0.3 is 10.1 Å². The van der Waals surface area contributed by atoms with Crippen LogP contribution in [0.2, 0.25) is 0 Å². The topological polar surface area (TPSA) is 41.6 Å². The molecule has 4 nitrogen and oxygen atoms in total. The highest BCUT2D eigenvalue weighted by Crippen LogP contribution is 2.21. The first-order valence-corrected chi connectivity index (χ1v) is 10.2. The number of ether oxygens (including phenoxy) is 1. The molecule has 1 aliphatic rings. The second-order valence-electron chi connectivity index (χ2n) is 6.40. The van der Waals surface area contributed by atoms with Gasteiger partial charge in [-0.15, -0.1) is 11.3 Å². The Balaban J connectivity index is 1.61. The lowest BCUT2D eigenvalue weighted by atomic mass is 10.2. The summed E-state index contributed by atoms with van der Waals surface area (Å²) in [6, 6.07) is 10.0. The molecule has 0 aliphatic carbocycles. The molecular formula is C19H23BrN2O2S. The fourth-order valence-electron chi connectivity index (χ4n) is 2.96. The second-order valence-corrected chi connectivity index (χ2v) is 8.28. The number of nitrogens with zero attached hydrogens (tertiary/aromatic N) is 1. The predicted molar refractivity (Wildman–Crippen MR) is 106 cm³/mol. The third-order valence-corrected chi connectivity index (χ3v) is 5.98. The van der Waals surface area contributed by atoms with Crippen molar-refractivity contribution in [2.75, 3.05) is 25.0 Å². The van der Waals surface area contributed by atoms with Crippen molar-refractivity contribution in [1.29, 1.82) is 0 Å². The van der Waals surface area contributed by atoms with Gasteiger partial charge in [0.2, 0.25) is 5.91 Å². The zero-order valence-corrected chi connectivity index (χ0v) is 16.7. The van der Waals surface area contributed by atoms with E-state index < -0.39 is 0 Å². The van der Waals surface area contributed by atoms with Crippen molar-refractivity contribution in [1.82, 2.24) is 4.90 Å². The maximum Gasteiger partial charge on any atom is 0.238 e. The van der Waals surface area contributed by atoms with E-state index in [9.17, 15) is 4.79 Å². The van der Waals surface area contributed by atoms with Crippen molar-refractivity contribution in [3.8, 4) is 0 Å². The number of carbonyl (C=O) groups is 1. The van der Waals surface area contributed by atoms with Gasteiger partial charge >= 0.3 is 0 Å². The Morgan fingerprint density at radius 3 is 3.00 bits per heavy atom. The van der Waals surface area contributed by atoms with Crippen molar-refractivity contribution in [2.45, 2.75) is 32.4 Å². The molecule has 2 heterocycles. The van der Waals surface area contributed by atoms with E-state index in [1.165, 1.54) is 4.88 Å². The molecule has 0 spiro atoms. The third-order valence-electron chi connectivity index (χ3n) is 4.27. The van der Waals surface area contributed by atoms with E-state index >= 15 is 0 Å². The molecule has 1 amide bonds. The number of nitrogens with one attached hydrogen (secondary N) is 1. The number of amides is 1. The molecule has 1 N–H and O–H groups in total. The van der Waals surface area contributed by atoms with Gasteiger partial charge in [-0.1, -0.05) is 28.1 Å². The monoisotopic (exact) mass is 422 g/mol. The molecule has 0 radical (unpaired) electrons. The molecule has 0 saturated carbocycles. The van der Waals surface area contributed by atoms with Crippen LogP contribution >= 0.6 is 27.3 Å². The number of thiophene rings is 1. The van der Waals surface area contributed by atoms with E-state index in [1.54, 1.807) is 11.3 Å². The standard InChI is InChI=1S/C19H23BrN2O2S/c1-14-6-7-15(10-18(14)20)21-19(23)13-22(11-16-4-2-8-24-16)12-17-5-3-9-25-17/h3,5-7,9-10,16H,2,4,8,11-13H2,1H3,(H,21,23)/t16-/m1/s1. The van der Waals surface area contributed by atoms with Crippen LogP contribution in [0.25, 0.3) is 0 Å². The maximum absolute atomic E-state index is 12.5. The average molecular weight is 423 g/mol. The molecule has 25 heavy (non-hydrogen) atoms. The van der Waals surface area contributed by atoms with Crippen LogP contribution in [-0.4, -0.2) is 36.6 Å². The molecular weight excluding hydrogens is 400 g/mol. The van der Waals surface area contributed by atoms with E-state index in [-0.39, 0.29) is 12.0 Å². The van der Waals surface area contributed by atoms with Crippen molar-refractivity contribution in [2.24, 2.45) is 0 Å². The zero-order valence-electron chi connectivity index (χ0n) is 14.3. The SMILES string of the molecule is Cc1ccc(NC(=O)CN(Cc2cccs2)C[C@H]2CCCO2)cc1Br. The highest BCUT2D eigenvalue weighted by atomic mass is 79.9. The van der Waals surface area contributed by atoms with Crippen molar-refractivity contribution < 1.29 is 9.53 Å². The normalized spacial score (nSPS) is 17.2. The van der Waals surface area contributed by atoms with Gasteiger partial charge in [-0.25, -0.2) is 0 Å². The van der Waals surface area contributed by atoms with Gasteiger partial charge in [-0.2, -0.15) is 0 Å². The van der Waals surface area contributed by atoms with Crippen molar-refractivity contribution in [3.05, 3.63) is 50.6 Å². The Morgan fingerprint density at radius 2 is 2.32 bits per heavy atom. The molecule has 1 aromatic carbocycles. The minimum absolute atomic E-state index is 0.00491. The number of halogens is 1. The van der Waals surface area contributed by atoms with Crippen LogP contribution in [0.4, 0.5) is 5.69 Å². The van der Waals surface area contributed by atoms with E-state index in [0.29, 0.717) is 6.54 Å². The number of hydrogen-bond acceptors (Lipinski definition) is 4. The number of anilines is 1. The predicted octanol–water partition coefficient (Wildman–Crippen LogP) is 4.44. The summed E-state index contributed by atoms with van der Waals surface area (Å²) in [6.45, 7) is 4.80. The fourth-order valence-corrected chi connectivity index (χ4v) is 4.08. The van der Waals surface area contributed by atoms with Crippen LogP contribution in [0.5, 0.6) is 0 Å². The van der Waals surface area contributed by atoms with Crippen LogP contribution in [0.1, 0.15) is 23.3 Å². The van der Waals surface area contributed by atoms with Gasteiger partial charge in [0.15, 0.2) is 0 Å². The fraction of sp³-hybridized carbons (Fsp3) is 0.421. The number of rotatable bonds is 7. The molecule has 0 unspecified atom stereocenters. The first kappa shape index (κ1) is 18.6. The maximum atomic E-state index is 12.5. The lowest BCUT2D eigenvalue weighted by Crippen LogP contribution is -2.37. The lowest BCUT2D eigenvalue weighted by molar-refractivity contribution is -0.117. The van der Waals surface area contributed by atoms with Crippen LogP contribution in [-0.2, 0) is 16.1 Å². The summed E-state index contributed by atoms with van der Waals surface area (Å²) >= 11 is 5.23. The molecule has 1 saturated heterocycles. The van der Waals surface area contributed by atoms with Crippen LogP contribution in [0.15, 0.2) is 40.2 Å². The summed E-state index contributed by atoms with van der Waals surface area (Å²) in [5.74, 6) is 0.00491. The van der Waals surface area contributed by atoms with Crippen LogP contribution in [0, 0.1) is 6.92 Å². The minimum Gasteiger partial charge on any atom is -0.377 e. The van der Waals surface area contributed by atoms with Crippen molar-refractivity contribution in [3.63, 3.8) is 0 Å². The largest absolute Gasteiger partial charge is 0.377 e. The molecule has 0 bridgehead atoms. The first-order chi connectivity index (χ1) is 12.1.